The number of fused-ring (bicyclic) bond motifs is 1. The SMILES string of the molecule is Cc1ccccc1C(=O)N1CCc2nc(NC(=O)c3ccccn3)sc2C1. The van der Waals surface area contributed by atoms with Gasteiger partial charge in [-0.3, -0.25) is 19.9 Å². The van der Waals surface area contributed by atoms with Crippen molar-refractivity contribution in [2.75, 3.05) is 11.9 Å². The Morgan fingerprint density at radius 1 is 1.15 bits per heavy atom. The van der Waals surface area contributed by atoms with Gasteiger partial charge in [-0.1, -0.05) is 35.6 Å². The van der Waals surface area contributed by atoms with Crippen LogP contribution in [0.2, 0.25) is 0 Å². The van der Waals surface area contributed by atoms with Gasteiger partial charge in [-0.05, 0) is 30.7 Å². The molecule has 1 N–H and O–H groups in total. The summed E-state index contributed by atoms with van der Waals surface area (Å²) in [4.78, 5) is 36.5. The van der Waals surface area contributed by atoms with Crippen LogP contribution in [0.25, 0.3) is 0 Å². The molecule has 0 unspecified atom stereocenters. The van der Waals surface area contributed by atoms with Gasteiger partial charge in [0, 0.05) is 29.6 Å². The number of rotatable bonds is 3. The quantitative estimate of drug-likeness (QED) is 0.759. The van der Waals surface area contributed by atoms with Crippen molar-refractivity contribution in [3.05, 3.63) is 76.1 Å². The van der Waals surface area contributed by atoms with Gasteiger partial charge in [-0.15, -0.1) is 0 Å². The van der Waals surface area contributed by atoms with Crippen molar-refractivity contribution in [2.24, 2.45) is 0 Å². The van der Waals surface area contributed by atoms with Crippen molar-refractivity contribution in [2.45, 2.75) is 19.9 Å². The minimum atomic E-state index is -0.283. The van der Waals surface area contributed by atoms with Crippen LogP contribution in [0.5, 0.6) is 0 Å². The highest BCUT2D eigenvalue weighted by Crippen LogP contribution is 2.29. The van der Waals surface area contributed by atoms with E-state index in [-0.39, 0.29) is 11.8 Å². The first-order valence-electron chi connectivity index (χ1n) is 8.67. The Bertz CT molecular complexity index is 1000. The number of nitrogens with zero attached hydrogens (tertiary/aromatic N) is 3. The lowest BCUT2D eigenvalue weighted by Gasteiger charge is -2.26. The maximum atomic E-state index is 12.8. The second-order valence-corrected chi connectivity index (χ2v) is 7.43. The maximum Gasteiger partial charge on any atom is 0.276 e. The van der Waals surface area contributed by atoms with Crippen LogP contribution in [0.4, 0.5) is 5.13 Å². The fourth-order valence-corrected chi connectivity index (χ4v) is 4.08. The smallest absolute Gasteiger partial charge is 0.276 e. The van der Waals surface area contributed by atoms with Crippen molar-refractivity contribution >= 4 is 28.3 Å². The van der Waals surface area contributed by atoms with Gasteiger partial charge in [0.1, 0.15) is 5.69 Å². The highest BCUT2D eigenvalue weighted by Gasteiger charge is 2.26. The molecule has 0 saturated carbocycles. The number of thiazole rings is 1. The lowest BCUT2D eigenvalue weighted by atomic mass is 10.1. The Labute approximate surface area is 160 Å². The van der Waals surface area contributed by atoms with E-state index in [1.807, 2.05) is 36.1 Å². The summed E-state index contributed by atoms with van der Waals surface area (Å²) in [5.41, 5.74) is 3.00. The highest BCUT2D eigenvalue weighted by molar-refractivity contribution is 7.15. The normalized spacial score (nSPS) is 13.1. The molecule has 3 heterocycles. The molecule has 1 aromatic carbocycles. The van der Waals surface area contributed by atoms with Gasteiger partial charge in [0.2, 0.25) is 0 Å². The van der Waals surface area contributed by atoms with Gasteiger partial charge >= 0.3 is 0 Å². The second kappa shape index (κ2) is 7.28. The number of hydrogen-bond acceptors (Lipinski definition) is 5. The van der Waals surface area contributed by atoms with Crippen LogP contribution in [-0.4, -0.2) is 33.2 Å². The third-order valence-electron chi connectivity index (χ3n) is 4.51. The van der Waals surface area contributed by atoms with Gasteiger partial charge in [0.15, 0.2) is 5.13 Å². The molecule has 1 aliphatic heterocycles. The first-order chi connectivity index (χ1) is 13.1. The summed E-state index contributed by atoms with van der Waals surface area (Å²) in [5, 5.41) is 3.35. The zero-order chi connectivity index (χ0) is 18.8. The molecule has 6 nitrogen and oxygen atoms in total. The van der Waals surface area contributed by atoms with E-state index in [1.54, 1.807) is 24.4 Å². The molecule has 0 spiro atoms. The molecule has 0 saturated heterocycles. The zero-order valence-corrected chi connectivity index (χ0v) is 15.6. The molecular formula is C20H18N4O2S. The van der Waals surface area contributed by atoms with Gasteiger partial charge in [-0.2, -0.15) is 0 Å². The molecular weight excluding hydrogens is 360 g/mol. The Hall–Kier alpha value is -3.06. The van der Waals surface area contributed by atoms with Crippen LogP contribution in [-0.2, 0) is 13.0 Å². The monoisotopic (exact) mass is 378 g/mol. The molecule has 0 atom stereocenters. The molecule has 0 bridgehead atoms. The molecule has 0 radical (unpaired) electrons. The molecule has 136 valence electrons. The van der Waals surface area contributed by atoms with Crippen molar-refractivity contribution in [1.29, 1.82) is 0 Å². The minimum absolute atomic E-state index is 0.0335. The molecule has 27 heavy (non-hydrogen) atoms. The Kier molecular flexibility index (Phi) is 4.68. The van der Waals surface area contributed by atoms with Crippen molar-refractivity contribution in [3.63, 3.8) is 0 Å². The molecule has 0 aliphatic carbocycles. The number of anilines is 1. The van der Waals surface area contributed by atoms with Gasteiger partial charge < -0.3 is 4.90 Å². The Morgan fingerprint density at radius 2 is 1.96 bits per heavy atom. The van der Waals surface area contributed by atoms with Crippen molar-refractivity contribution < 1.29 is 9.59 Å². The van der Waals surface area contributed by atoms with Crippen LogP contribution >= 0.6 is 11.3 Å². The lowest BCUT2D eigenvalue weighted by Crippen LogP contribution is -2.35. The standard InChI is InChI=1S/C20H18N4O2S/c1-13-6-2-3-7-14(13)19(26)24-11-9-15-17(12-24)27-20(22-15)23-18(25)16-8-4-5-10-21-16/h2-8,10H,9,11-12H2,1H3,(H,22,23,25). The molecule has 1 aliphatic rings. The summed E-state index contributed by atoms with van der Waals surface area (Å²) < 4.78 is 0. The number of nitrogens with one attached hydrogen (secondary N) is 1. The van der Waals surface area contributed by atoms with E-state index in [2.05, 4.69) is 15.3 Å². The third kappa shape index (κ3) is 3.59. The first kappa shape index (κ1) is 17.4. The fourth-order valence-electron chi connectivity index (χ4n) is 3.06. The summed E-state index contributed by atoms with van der Waals surface area (Å²) in [5.74, 6) is -0.249. The number of carbonyl (C=O) groups is 2. The van der Waals surface area contributed by atoms with Crippen molar-refractivity contribution in [3.8, 4) is 0 Å². The van der Waals surface area contributed by atoms with Crippen LogP contribution in [0.15, 0.2) is 48.7 Å². The van der Waals surface area contributed by atoms with E-state index >= 15 is 0 Å². The topological polar surface area (TPSA) is 75.2 Å². The van der Waals surface area contributed by atoms with Gasteiger partial charge in [0.25, 0.3) is 11.8 Å². The maximum absolute atomic E-state index is 12.8. The highest BCUT2D eigenvalue weighted by atomic mass is 32.1. The van der Waals surface area contributed by atoms with E-state index in [0.29, 0.717) is 30.3 Å². The molecule has 7 heteroatoms. The molecule has 0 fully saturated rings. The number of carbonyl (C=O) groups excluding carboxylic acids is 2. The van der Waals surface area contributed by atoms with E-state index in [1.165, 1.54) is 11.3 Å². The largest absolute Gasteiger partial charge is 0.333 e. The van der Waals surface area contributed by atoms with Gasteiger partial charge in [0.05, 0.1) is 12.2 Å². The average molecular weight is 378 g/mol. The number of aryl methyl sites for hydroxylation is 1. The summed E-state index contributed by atoms with van der Waals surface area (Å²) in [6.07, 6.45) is 2.26. The molecule has 4 rings (SSSR count). The van der Waals surface area contributed by atoms with Crippen LogP contribution in [0.3, 0.4) is 0 Å². The van der Waals surface area contributed by atoms with E-state index < -0.39 is 0 Å². The first-order valence-corrected chi connectivity index (χ1v) is 9.49. The summed E-state index contributed by atoms with van der Waals surface area (Å²) in [6, 6.07) is 12.8. The summed E-state index contributed by atoms with van der Waals surface area (Å²) in [7, 11) is 0. The Morgan fingerprint density at radius 3 is 2.74 bits per heavy atom. The van der Waals surface area contributed by atoms with Crippen molar-refractivity contribution in [1.82, 2.24) is 14.9 Å². The number of hydrogen-bond donors (Lipinski definition) is 1. The van der Waals surface area contributed by atoms with Crippen LogP contribution in [0, 0.1) is 6.92 Å². The fraction of sp³-hybridized carbons (Fsp3) is 0.200. The summed E-state index contributed by atoms with van der Waals surface area (Å²) >= 11 is 1.41. The predicted molar refractivity (Wildman–Crippen MR) is 104 cm³/mol. The lowest BCUT2D eigenvalue weighted by molar-refractivity contribution is 0.0735. The number of benzene rings is 1. The van der Waals surface area contributed by atoms with E-state index in [4.69, 9.17) is 0 Å². The average Bonchev–Trinajstić information content (AvgIpc) is 3.10. The zero-order valence-electron chi connectivity index (χ0n) is 14.8. The summed E-state index contributed by atoms with van der Waals surface area (Å²) in [6.45, 7) is 3.08. The molecule has 3 aromatic rings. The number of pyridine rings is 1. The second-order valence-electron chi connectivity index (χ2n) is 6.35. The Balaban J connectivity index is 1.49. The number of aromatic nitrogens is 2. The van der Waals surface area contributed by atoms with E-state index in [9.17, 15) is 9.59 Å². The predicted octanol–water partition coefficient (Wildman–Crippen LogP) is 3.30. The molecule has 2 amide bonds. The minimum Gasteiger partial charge on any atom is -0.333 e. The van der Waals surface area contributed by atoms with Crippen LogP contribution in [0.1, 0.15) is 37.0 Å². The number of amides is 2. The van der Waals surface area contributed by atoms with E-state index in [0.717, 1.165) is 21.7 Å². The third-order valence-corrected chi connectivity index (χ3v) is 5.51. The van der Waals surface area contributed by atoms with Crippen LogP contribution < -0.4 is 5.32 Å². The molecule has 2 aromatic heterocycles. The van der Waals surface area contributed by atoms with Gasteiger partial charge in [-0.25, -0.2) is 4.98 Å².